The summed E-state index contributed by atoms with van der Waals surface area (Å²) in [5.41, 5.74) is 0. The van der Waals surface area contributed by atoms with E-state index in [0.29, 0.717) is 19.0 Å². The van der Waals surface area contributed by atoms with Gasteiger partial charge in [-0.2, -0.15) is 0 Å². The molecule has 0 aliphatic rings. The van der Waals surface area contributed by atoms with E-state index in [4.69, 9.17) is 5.11 Å². The number of carbonyl (C=O) groups excluding carboxylic acids is 1. The van der Waals surface area contributed by atoms with Gasteiger partial charge in [0.25, 0.3) is 0 Å². The summed E-state index contributed by atoms with van der Waals surface area (Å²) < 4.78 is 0. The molecular weight excluding hydrogens is 220 g/mol. The average Bonchev–Trinajstić information content (AvgIpc) is 2.22. The van der Waals surface area contributed by atoms with Gasteiger partial charge in [-0.3, -0.25) is 14.5 Å². The second kappa shape index (κ2) is 8.06. The number of hydrogen-bond donors (Lipinski definition) is 2. The molecule has 0 aromatic rings. The summed E-state index contributed by atoms with van der Waals surface area (Å²) in [6.07, 6.45) is 0.877. The van der Waals surface area contributed by atoms with Crippen molar-refractivity contribution in [3.05, 3.63) is 0 Å². The van der Waals surface area contributed by atoms with Crippen LogP contribution in [-0.4, -0.2) is 47.6 Å². The minimum absolute atomic E-state index is 0.0983. The van der Waals surface area contributed by atoms with Crippen molar-refractivity contribution in [2.75, 3.05) is 19.6 Å². The fourth-order valence-electron chi connectivity index (χ4n) is 1.56. The fourth-order valence-corrected chi connectivity index (χ4v) is 1.56. The fraction of sp³-hybridized carbons (Fsp3) is 0.833. The zero-order valence-corrected chi connectivity index (χ0v) is 11.2. The summed E-state index contributed by atoms with van der Waals surface area (Å²) in [6, 6.07) is -0.403. The van der Waals surface area contributed by atoms with Crippen LogP contribution in [0.3, 0.4) is 0 Å². The monoisotopic (exact) mass is 244 g/mol. The van der Waals surface area contributed by atoms with Crippen molar-refractivity contribution in [2.24, 2.45) is 5.92 Å². The lowest BCUT2D eigenvalue weighted by Crippen LogP contribution is -2.48. The minimum atomic E-state index is -0.902. The maximum absolute atomic E-state index is 11.8. The number of hydrogen-bond acceptors (Lipinski definition) is 3. The molecule has 0 aliphatic carbocycles. The largest absolute Gasteiger partial charge is 0.480 e. The SMILES string of the molecule is CCCNC(=O)C(C)N(CC(=O)O)CC(C)C. The molecule has 0 radical (unpaired) electrons. The summed E-state index contributed by atoms with van der Waals surface area (Å²) in [6.45, 7) is 8.87. The molecule has 0 bridgehead atoms. The Balaban J connectivity index is 4.44. The molecule has 1 atom stereocenters. The Morgan fingerprint density at radius 1 is 1.29 bits per heavy atom. The molecule has 2 N–H and O–H groups in total. The lowest BCUT2D eigenvalue weighted by atomic mass is 10.1. The number of nitrogens with one attached hydrogen (secondary N) is 1. The van der Waals surface area contributed by atoms with E-state index in [1.807, 2.05) is 20.8 Å². The van der Waals surface area contributed by atoms with E-state index in [2.05, 4.69) is 5.32 Å². The zero-order valence-electron chi connectivity index (χ0n) is 11.2. The predicted octanol–water partition coefficient (Wildman–Crippen LogP) is 0.944. The zero-order chi connectivity index (χ0) is 13.4. The highest BCUT2D eigenvalue weighted by molar-refractivity contribution is 5.82. The van der Waals surface area contributed by atoms with Crippen LogP contribution in [0, 0.1) is 5.92 Å². The van der Waals surface area contributed by atoms with Gasteiger partial charge in [-0.15, -0.1) is 0 Å². The molecule has 1 unspecified atom stereocenters. The van der Waals surface area contributed by atoms with E-state index in [1.54, 1.807) is 11.8 Å². The Morgan fingerprint density at radius 2 is 1.88 bits per heavy atom. The number of carbonyl (C=O) groups is 2. The maximum Gasteiger partial charge on any atom is 0.317 e. The topological polar surface area (TPSA) is 69.6 Å². The van der Waals surface area contributed by atoms with Crippen LogP contribution in [-0.2, 0) is 9.59 Å². The number of rotatable bonds is 8. The third-order valence-corrected chi connectivity index (χ3v) is 2.41. The van der Waals surface area contributed by atoms with Crippen molar-refractivity contribution >= 4 is 11.9 Å². The van der Waals surface area contributed by atoms with Gasteiger partial charge in [0.2, 0.25) is 5.91 Å². The van der Waals surface area contributed by atoms with Gasteiger partial charge in [0.1, 0.15) is 0 Å². The molecule has 0 heterocycles. The molecule has 0 fully saturated rings. The first kappa shape index (κ1) is 15.9. The van der Waals surface area contributed by atoms with Crippen molar-refractivity contribution in [1.29, 1.82) is 0 Å². The van der Waals surface area contributed by atoms with Crippen LogP contribution >= 0.6 is 0 Å². The van der Waals surface area contributed by atoms with Crippen molar-refractivity contribution in [3.63, 3.8) is 0 Å². The van der Waals surface area contributed by atoms with Crippen LogP contribution in [0.5, 0.6) is 0 Å². The molecule has 17 heavy (non-hydrogen) atoms. The molecule has 5 heteroatoms. The molecule has 0 rings (SSSR count). The van der Waals surface area contributed by atoms with Gasteiger partial charge in [0.15, 0.2) is 0 Å². The van der Waals surface area contributed by atoms with Crippen LogP contribution in [0.4, 0.5) is 0 Å². The number of nitrogens with zero attached hydrogens (tertiary/aromatic N) is 1. The molecule has 1 amide bonds. The number of amides is 1. The Kier molecular flexibility index (Phi) is 7.54. The predicted molar refractivity (Wildman–Crippen MR) is 66.8 cm³/mol. The third kappa shape index (κ3) is 6.94. The summed E-state index contributed by atoms with van der Waals surface area (Å²) in [7, 11) is 0. The quantitative estimate of drug-likeness (QED) is 0.667. The highest BCUT2D eigenvalue weighted by Gasteiger charge is 2.23. The van der Waals surface area contributed by atoms with Gasteiger partial charge in [-0.05, 0) is 19.3 Å². The molecule has 0 saturated heterocycles. The Bertz CT molecular complexity index is 254. The van der Waals surface area contributed by atoms with Crippen molar-refractivity contribution in [1.82, 2.24) is 10.2 Å². The van der Waals surface area contributed by atoms with Crippen LogP contribution in [0.2, 0.25) is 0 Å². The normalized spacial score (nSPS) is 12.8. The van der Waals surface area contributed by atoms with Gasteiger partial charge < -0.3 is 10.4 Å². The average molecular weight is 244 g/mol. The van der Waals surface area contributed by atoms with E-state index < -0.39 is 12.0 Å². The molecule has 0 aromatic heterocycles. The number of aliphatic carboxylic acids is 1. The van der Waals surface area contributed by atoms with Crippen molar-refractivity contribution in [3.8, 4) is 0 Å². The first-order chi connectivity index (χ1) is 7.88. The first-order valence-corrected chi connectivity index (χ1v) is 6.12. The van der Waals surface area contributed by atoms with E-state index in [0.717, 1.165) is 6.42 Å². The third-order valence-electron chi connectivity index (χ3n) is 2.41. The molecule has 5 nitrogen and oxygen atoms in total. The molecular formula is C12H24N2O3. The second-order valence-corrected chi connectivity index (χ2v) is 4.68. The molecule has 0 spiro atoms. The smallest absolute Gasteiger partial charge is 0.317 e. The van der Waals surface area contributed by atoms with Gasteiger partial charge in [-0.1, -0.05) is 20.8 Å². The van der Waals surface area contributed by atoms with Gasteiger partial charge in [0, 0.05) is 13.1 Å². The van der Waals surface area contributed by atoms with Crippen LogP contribution < -0.4 is 5.32 Å². The highest BCUT2D eigenvalue weighted by Crippen LogP contribution is 2.04. The van der Waals surface area contributed by atoms with E-state index >= 15 is 0 Å². The second-order valence-electron chi connectivity index (χ2n) is 4.68. The number of carboxylic acids is 1. The molecule has 0 saturated carbocycles. The summed E-state index contributed by atoms with van der Waals surface area (Å²) in [5.74, 6) is -0.676. The highest BCUT2D eigenvalue weighted by atomic mass is 16.4. The lowest BCUT2D eigenvalue weighted by Gasteiger charge is -2.28. The van der Waals surface area contributed by atoms with Crippen molar-refractivity contribution < 1.29 is 14.7 Å². The molecule has 100 valence electrons. The standard InChI is InChI=1S/C12H24N2O3/c1-5-6-13-12(17)10(4)14(7-9(2)3)8-11(15)16/h9-10H,5-8H2,1-4H3,(H,13,17)(H,15,16). The summed E-state index contributed by atoms with van der Waals surface area (Å²) in [5, 5.41) is 11.6. The summed E-state index contributed by atoms with van der Waals surface area (Å²) in [4.78, 5) is 24.2. The van der Waals surface area contributed by atoms with Crippen LogP contribution in [0.25, 0.3) is 0 Å². The molecule has 0 aliphatic heterocycles. The van der Waals surface area contributed by atoms with Gasteiger partial charge in [-0.25, -0.2) is 0 Å². The van der Waals surface area contributed by atoms with E-state index in [9.17, 15) is 9.59 Å². The van der Waals surface area contributed by atoms with Gasteiger partial charge in [0.05, 0.1) is 12.6 Å². The van der Waals surface area contributed by atoms with Crippen molar-refractivity contribution in [2.45, 2.75) is 40.2 Å². The molecule has 0 aromatic carbocycles. The van der Waals surface area contributed by atoms with E-state index in [-0.39, 0.29) is 12.5 Å². The Morgan fingerprint density at radius 3 is 2.29 bits per heavy atom. The van der Waals surface area contributed by atoms with Gasteiger partial charge >= 0.3 is 5.97 Å². The van der Waals surface area contributed by atoms with Crippen LogP contribution in [0.15, 0.2) is 0 Å². The minimum Gasteiger partial charge on any atom is -0.480 e. The number of carboxylic acid groups (broad SMARTS) is 1. The van der Waals surface area contributed by atoms with Crippen LogP contribution in [0.1, 0.15) is 34.1 Å². The Hall–Kier alpha value is -1.10. The Labute approximate surface area is 103 Å². The maximum atomic E-state index is 11.8. The first-order valence-electron chi connectivity index (χ1n) is 6.12. The lowest BCUT2D eigenvalue weighted by molar-refractivity contribution is -0.140. The summed E-state index contributed by atoms with van der Waals surface area (Å²) >= 11 is 0. The van der Waals surface area contributed by atoms with E-state index in [1.165, 1.54) is 0 Å².